The number of hydrogen-bond acceptors (Lipinski definition) is 2. The van der Waals surface area contributed by atoms with Gasteiger partial charge in [0.05, 0.1) is 12.7 Å². The first-order valence-corrected chi connectivity index (χ1v) is 8.14. The predicted molar refractivity (Wildman–Crippen MR) is 90.9 cm³/mol. The first-order valence-electron chi connectivity index (χ1n) is 7.35. The first-order chi connectivity index (χ1) is 10.1. The van der Waals surface area contributed by atoms with E-state index in [4.69, 9.17) is 4.74 Å². The molecule has 0 bridgehead atoms. The van der Waals surface area contributed by atoms with Gasteiger partial charge in [0, 0.05) is 16.7 Å². The van der Waals surface area contributed by atoms with Crippen molar-refractivity contribution in [2.45, 2.75) is 26.4 Å². The van der Waals surface area contributed by atoms with E-state index in [1.807, 2.05) is 0 Å². The van der Waals surface area contributed by atoms with Gasteiger partial charge in [-0.25, -0.2) is 0 Å². The Morgan fingerprint density at radius 2 is 1.90 bits per heavy atom. The van der Waals surface area contributed by atoms with E-state index in [9.17, 15) is 0 Å². The van der Waals surface area contributed by atoms with Crippen LogP contribution >= 0.6 is 15.9 Å². The van der Waals surface area contributed by atoms with Crippen molar-refractivity contribution >= 4 is 21.6 Å². The topological polar surface area (TPSA) is 21.3 Å². The molecule has 0 aromatic heterocycles. The minimum absolute atomic E-state index is 0.136. The number of fused-ring (bicyclic) bond motifs is 1. The highest BCUT2D eigenvalue weighted by Crippen LogP contribution is 2.29. The molecule has 0 aliphatic carbocycles. The summed E-state index contributed by atoms with van der Waals surface area (Å²) in [5.74, 6) is 0. The summed E-state index contributed by atoms with van der Waals surface area (Å²) in [5.41, 5.74) is 6.46. The third kappa shape index (κ3) is 3.14. The molecule has 0 spiro atoms. The Labute approximate surface area is 134 Å². The molecule has 1 atom stereocenters. The fourth-order valence-electron chi connectivity index (χ4n) is 3.03. The molecule has 0 saturated carbocycles. The van der Waals surface area contributed by atoms with Crippen LogP contribution in [0.5, 0.6) is 0 Å². The van der Waals surface area contributed by atoms with Crippen molar-refractivity contribution in [3.05, 3.63) is 63.1 Å². The molecular formula is C18H20BrNO. The van der Waals surface area contributed by atoms with Gasteiger partial charge in [0.2, 0.25) is 0 Å². The van der Waals surface area contributed by atoms with Gasteiger partial charge in [-0.15, -0.1) is 0 Å². The van der Waals surface area contributed by atoms with E-state index in [0.29, 0.717) is 0 Å². The number of halogens is 1. The highest BCUT2D eigenvalue weighted by atomic mass is 79.9. The molecule has 1 unspecified atom stereocenters. The van der Waals surface area contributed by atoms with Gasteiger partial charge in [-0.05, 0) is 54.7 Å². The van der Waals surface area contributed by atoms with Crippen molar-refractivity contribution in [2.24, 2.45) is 0 Å². The molecule has 3 rings (SSSR count). The number of ether oxygens (including phenoxy) is 1. The maximum atomic E-state index is 5.96. The number of anilines is 1. The second-order valence-corrected chi connectivity index (χ2v) is 6.52. The molecule has 1 N–H and O–H groups in total. The van der Waals surface area contributed by atoms with Crippen LogP contribution in [0.3, 0.4) is 0 Å². The van der Waals surface area contributed by atoms with Gasteiger partial charge in [0.1, 0.15) is 0 Å². The van der Waals surface area contributed by atoms with E-state index in [0.717, 1.165) is 24.0 Å². The van der Waals surface area contributed by atoms with E-state index in [1.54, 1.807) is 0 Å². The SMILES string of the molecule is Cc1cc(Br)cc(C)c1NCC1OCCc2ccccc21. The number of nitrogens with one attached hydrogen (secondary N) is 1. The number of aryl methyl sites for hydroxylation is 2. The van der Waals surface area contributed by atoms with Crippen LogP contribution in [0.15, 0.2) is 40.9 Å². The van der Waals surface area contributed by atoms with Gasteiger partial charge in [-0.3, -0.25) is 0 Å². The van der Waals surface area contributed by atoms with E-state index in [2.05, 4.69) is 71.5 Å². The Balaban J connectivity index is 1.78. The number of benzene rings is 2. The third-order valence-electron chi connectivity index (χ3n) is 4.05. The Morgan fingerprint density at radius 1 is 1.19 bits per heavy atom. The summed E-state index contributed by atoms with van der Waals surface area (Å²) < 4.78 is 7.08. The van der Waals surface area contributed by atoms with Crippen molar-refractivity contribution in [3.63, 3.8) is 0 Å². The van der Waals surface area contributed by atoms with Gasteiger partial charge in [0.15, 0.2) is 0 Å². The van der Waals surface area contributed by atoms with Crippen LogP contribution in [0.1, 0.15) is 28.4 Å². The van der Waals surface area contributed by atoms with E-state index in [-0.39, 0.29) is 6.10 Å². The van der Waals surface area contributed by atoms with E-state index >= 15 is 0 Å². The molecule has 0 amide bonds. The molecule has 21 heavy (non-hydrogen) atoms. The molecular weight excluding hydrogens is 326 g/mol. The van der Waals surface area contributed by atoms with E-state index in [1.165, 1.54) is 27.9 Å². The smallest absolute Gasteiger partial charge is 0.0999 e. The average molecular weight is 346 g/mol. The molecule has 0 fully saturated rings. The largest absolute Gasteiger partial charge is 0.382 e. The van der Waals surface area contributed by atoms with Crippen LogP contribution in [0, 0.1) is 13.8 Å². The Hall–Kier alpha value is -1.32. The molecule has 1 aliphatic rings. The zero-order valence-corrected chi connectivity index (χ0v) is 14.0. The molecule has 2 aromatic carbocycles. The molecule has 1 aliphatic heterocycles. The summed E-state index contributed by atoms with van der Waals surface area (Å²) >= 11 is 3.54. The fraction of sp³-hybridized carbons (Fsp3) is 0.333. The highest BCUT2D eigenvalue weighted by molar-refractivity contribution is 9.10. The summed E-state index contributed by atoms with van der Waals surface area (Å²) in [5, 5.41) is 3.57. The Bertz CT molecular complexity index is 630. The third-order valence-corrected chi connectivity index (χ3v) is 4.51. The average Bonchev–Trinajstić information content (AvgIpc) is 2.46. The van der Waals surface area contributed by atoms with Gasteiger partial charge >= 0.3 is 0 Å². The summed E-state index contributed by atoms with van der Waals surface area (Å²) in [6.07, 6.45) is 1.15. The summed E-state index contributed by atoms with van der Waals surface area (Å²) in [4.78, 5) is 0. The minimum Gasteiger partial charge on any atom is -0.382 e. The lowest BCUT2D eigenvalue weighted by molar-refractivity contribution is 0.0513. The lowest BCUT2D eigenvalue weighted by Gasteiger charge is -2.27. The molecule has 2 aromatic rings. The zero-order valence-electron chi connectivity index (χ0n) is 12.4. The van der Waals surface area contributed by atoms with Crippen LogP contribution in [0.4, 0.5) is 5.69 Å². The van der Waals surface area contributed by atoms with Crippen molar-refractivity contribution < 1.29 is 4.74 Å². The lowest BCUT2D eigenvalue weighted by atomic mass is 9.97. The maximum absolute atomic E-state index is 5.96. The monoisotopic (exact) mass is 345 g/mol. The Morgan fingerprint density at radius 3 is 2.67 bits per heavy atom. The predicted octanol–water partition coefficient (Wildman–Crippen LogP) is 4.79. The van der Waals surface area contributed by atoms with Gasteiger partial charge < -0.3 is 10.1 Å². The van der Waals surface area contributed by atoms with Crippen LogP contribution in [0.25, 0.3) is 0 Å². The number of rotatable bonds is 3. The molecule has 0 radical (unpaired) electrons. The molecule has 1 heterocycles. The van der Waals surface area contributed by atoms with Crippen LogP contribution < -0.4 is 5.32 Å². The van der Waals surface area contributed by atoms with Gasteiger partial charge in [-0.2, -0.15) is 0 Å². The quantitative estimate of drug-likeness (QED) is 0.863. The van der Waals surface area contributed by atoms with Crippen LogP contribution in [-0.2, 0) is 11.2 Å². The van der Waals surface area contributed by atoms with Crippen LogP contribution in [0.2, 0.25) is 0 Å². The minimum atomic E-state index is 0.136. The molecule has 0 saturated heterocycles. The molecule has 110 valence electrons. The summed E-state index contributed by atoms with van der Waals surface area (Å²) in [6, 6.07) is 12.9. The maximum Gasteiger partial charge on any atom is 0.0999 e. The van der Waals surface area contributed by atoms with Gasteiger partial charge in [-0.1, -0.05) is 40.2 Å². The lowest BCUT2D eigenvalue weighted by Crippen LogP contribution is -2.23. The second kappa shape index (κ2) is 6.20. The van der Waals surface area contributed by atoms with Gasteiger partial charge in [0.25, 0.3) is 0 Å². The second-order valence-electron chi connectivity index (χ2n) is 5.60. The summed E-state index contributed by atoms with van der Waals surface area (Å²) in [6.45, 7) is 5.88. The standard InChI is InChI=1S/C18H20BrNO/c1-12-9-15(19)10-13(2)18(12)20-11-17-16-6-4-3-5-14(16)7-8-21-17/h3-6,9-10,17,20H,7-8,11H2,1-2H3. The summed E-state index contributed by atoms with van der Waals surface area (Å²) in [7, 11) is 0. The first kappa shape index (κ1) is 14.6. The van der Waals surface area contributed by atoms with Crippen LogP contribution in [-0.4, -0.2) is 13.2 Å². The van der Waals surface area contributed by atoms with Crippen molar-refractivity contribution in [1.29, 1.82) is 0 Å². The van der Waals surface area contributed by atoms with E-state index < -0.39 is 0 Å². The number of hydrogen-bond donors (Lipinski definition) is 1. The Kier molecular flexibility index (Phi) is 4.32. The molecule has 3 heteroatoms. The highest BCUT2D eigenvalue weighted by Gasteiger charge is 2.20. The zero-order chi connectivity index (χ0) is 14.8. The van der Waals surface area contributed by atoms with Crippen molar-refractivity contribution in [3.8, 4) is 0 Å². The molecule has 2 nitrogen and oxygen atoms in total. The van der Waals surface area contributed by atoms with Crippen molar-refractivity contribution in [2.75, 3.05) is 18.5 Å². The normalized spacial score (nSPS) is 17.4. The van der Waals surface area contributed by atoms with Crippen molar-refractivity contribution in [1.82, 2.24) is 0 Å². The fourth-order valence-corrected chi connectivity index (χ4v) is 3.72.